The molecule has 8 nitrogen and oxygen atoms in total. The first-order valence-electron chi connectivity index (χ1n) is 6.73. The predicted molar refractivity (Wildman–Crippen MR) is 75.2 cm³/mol. The standard InChI is InChI=1S/C12H19N5O3/c1-3-13-12-14-9(2)10(17(18)19)11(15-12)16-5-4-7-20-8-6-16/h3-8H2,1-2H3,(H,13,14,15). The summed E-state index contributed by atoms with van der Waals surface area (Å²) in [6.07, 6.45) is 0.830. The van der Waals surface area contributed by atoms with Crippen molar-refractivity contribution in [3.8, 4) is 0 Å². The molecule has 1 N–H and O–H groups in total. The van der Waals surface area contributed by atoms with E-state index < -0.39 is 4.92 Å². The number of nitro groups is 1. The monoisotopic (exact) mass is 281 g/mol. The maximum absolute atomic E-state index is 11.3. The molecule has 0 bridgehead atoms. The molecule has 1 fully saturated rings. The van der Waals surface area contributed by atoms with E-state index in [-0.39, 0.29) is 5.69 Å². The fourth-order valence-electron chi connectivity index (χ4n) is 2.18. The van der Waals surface area contributed by atoms with E-state index in [9.17, 15) is 10.1 Å². The lowest BCUT2D eigenvalue weighted by atomic mass is 10.3. The Balaban J connectivity index is 2.43. The number of aryl methyl sites for hydroxylation is 1. The van der Waals surface area contributed by atoms with Gasteiger partial charge in [0, 0.05) is 26.2 Å². The summed E-state index contributed by atoms with van der Waals surface area (Å²) in [4.78, 5) is 21.2. The van der Waals surface area contributed by atoms with Crippen molar-refractivity contribution in [2.24, 2.45) is 0 Å². The summed E-state index contributed by atoms with van der Waals surface area (Å²) in [5.74, 6) is 0.805. The third-order valence-electron chi connectivity index (χ3n) is 3.08. The van der Waals surface area contributed by atoms with Gasteiger partial charge in [0.15, 0.2) is 0 Å². The van der Waals surface area contributed by atoms with Gasteiger partial charge in [-0.1, -0.05) is 0 Å². The lowest BCUT2D eigenvalue weighted by molar-refractivity contribution is -0.385. The van der Waals surface area contributed by atoms with Gasteiger partial charge in [0.2, 0.25) is 11.8 Å². The van der Waals surface area contributed by atoms with Crippen molar-refractivity contribution in [1.29, 1.82) is 0 Å². The zero-order valence-electron chi connectivity index (χ0n) is 11.8. The van der Waals surface area contributed by atoms with Crippen molar-refractivity contribution >= 4 is 17.5 Å². The minimum Gasteiger partial charge on any atom is -0.380 e. The predicted octanol–water partition coefficient (Wildman–Crippen LogP) is 1.35. The molecule has 1 aromatic rings. The van der Waals surface area contributed by atoms with Gasteiger partial charge in [-0.3, -0.25) is 10.1 Å². The molecule has 0 saturated carbocycles. The molecular formula is C12H19N5O3. The highest BCUT2D eigenvalue weighted by molar-refractivity contribution is 5.62. The molecule has 1 aliphatic heterocycles. The highest BCUT2D eigenvalue weighted by Crippen LogP contribution is 2.30. The van der Waals surface area contributed by atoms with E-state index in [2.05, 4.69) is 15.3 Å². The van der Waals surface area contributed by atoms with Crippen molar-refractivity contribution in [3.05, 3.63) is 15.8 Å². The summed E-state index contributed by atoms with van der Waals surface area (Å²) in [5.41, 5.74) is 0.356. The van der Waals surface area contributed by atoms with Crippen molar-refractivity contribution in [1.82, 2.24) is 9.97 Å². The highest BCUT2D eigenvalue weighted by Gasteiger charge is 2.26. The SMILES string of the molecule is CCNc1nc(C)c([N+](=O)[O-])c(N2CCCOCC2)n1. The minimum atomic E-state index is -0.411. The van der Waals surface area contributed by atoms with E-state index in [0.717, 1.165) is 6.42 Å². The Hall–Kier alpha value is -1.96. The second-order valence-electron chi connectivity index (χ2n) is 4.55. The van der Waals surface area contributed by atoms with Gasteiger partial charge in [-0.05, 0) is 20.3 Å². The summed E-state index contributed by atoms with van der Waals surface area (Å²) in [5, 5.41) is 14.3. The fourth-order valence-corrected chi connectivity index (χ4v) is 2.18. The van der Waals surface area contributed by atoms with Crippen LogP contribution in [0, 0.1) is 17.0 Å². The smallest absolute Gasteiger partial charge is 0.332 e. The number of aromatic nitrogens is 2. The average molecular weight is 281 g/mol. The molecule has 0 radical (unpaired) electrons. The molecule has 20 heavy (non-hydrogen) atoms. The topological polar surface area (TPSA) is 93.4 Å². The lowest BCUT2D eigenvalue weighted by Gasteiger charge is -2.21. The number of hydrogen-bond donors (Lipinski definition) is 1. The quantitative estimate of drug-likeness (QED) is 0.657. The molecule has 2 heterocycles. The third kappa shape index (κ3) is 3.13. The van der Waals surface area contributed by atoms with Gasteiger partial charge in [0.1, 0.15) is 5.69 Å². The molecule has 8 heteroatoms. The van der Waals surface area contributed by atoms with E-state index in [1.807, 2.05) is 11.8 Å². The molecular weight excluding hydrogens is 262 g/mol. The van der Waals surface area contributed by atoms with E-state index >= 15 is 0 Å². The number of hydrogen-bond acceptors (Lipinski definition) is 7. The van der Waals surface area contributed by atoms with Crippen LogP contribution in [-0.2, 0) is 4.74 Å². The second-order valence-corrected chi connectivity index (χ2v) is 4.55. The number of ether oxygens (including phenoxy) is 1. The number of anilines is 2. The van der Waals surface area contributed by atoms with Gasteiger partial charge in [-0.15, -0.1) is 0 Å². The molecule has 0 aromatic carbocycles. The van der Waals surface area contributed by atoms with Crippen LogP contribution in [-0.4, -0.2) is 47.7 Å². The molecule has 0 atom stereocenters. The number of nitrogens with zero attached hydrogens (tertiary/aromatic N) is 4. The lowest BCUT2D eigenvalue weighted by Crippen LogP contribution is -2.28. The van der Waals surface area contributed by atoms with Crippen LogP contribution < -0.4 is 10.2 Å². The maximum atomic E-state index is 11.3. The Labute approximate surface area is 117 Å². The van der Waals surface area contributed by atoms with Gasteiger partial charge in [-0.2, -0.15) is 4.98 Å². The summed E-state index contributed by atoms with van der Waals surface area (Å²) in [6.45, 7) is 6.76. The first-order chi connectivity index (χ1) is 9.63. The Morgan fingerprint density at radius 2 is 2.20 bits per heavy atom. The van der Waals surface area contributed by atoms with Crippen LogP contribution >= 0.6 is 0 Å². The molecule has 0 amide bonds. The molecule has 0 spiro atoms. The first-order valence-corrected chi connectivity index (χ1v) is 6.73. The Kier molecular flexibility index (Phi) is 4.67. The zero-order chi connectivity index (χ0) is 14.5. The van der Waals surface area contributed by atoms with Gasteiger partial charge >= 0.3 is 5.69 Å². The minimum absolute atomic E-state index is 0.0199. The fraction of sp³-hybridized carbons (Fsp3) is 0.667. The third-order valence-corrected chi connectivity index (χ3v) is 3.08. The summed E-state index contributed by atoms with van der Waals surface area (Å²) in [6, 6.07) is 0. The molecule has 2 rings (SSSR count). The van der Waals surface area contributed by atoms with Gasteiger partial charge in [-0.25, -0.2) is 4.98 Å². The van der Waals surface area contributed by atoms with E-state index in [1.165, 1.54) is 0 Å². The van der Waals surface area contributed by atoms with Crippen LogP contribution in [0.15, 0.2) is 0 Å². The zero-order valence-corrected chi connectivity index (χ0v) is 11.8. The van der Waals surface area contributed by atoms with Crippen LogP contribution in [0.1, 0.15) is 19.0 Å². The largest absolute Gasteiger partial charge is 0.380 e. The van der Waals surface area contributed by atoms with Crippen molar-refractivity contribution in [3.63, 3.8) is 0 Å². The van der Waals surface area contributed by atoms with Gasteiger partial charge in [0.25, 0.3) is 0 Å². The van der Waals surface area contributed by atoms with Crippen LogP contribution in [0.25, 0.3) is 0 Å². The Morgan fingerprint density at radius 3 is 2.90 bits per heavy atom. The first kappa shape index (κ1) is 14.4. The summed E-state index contributed by atoms with van der Waals surface area (Å²) in [7, 11) is 0. The normalized spacial score (nSPS) is 15.8. The summed E-state index contributed by atoms with van der Waals surface area (Å²) >= 11 is 0. The van der Waals surface area contributed by atoms with Crippen molar-refractivity contribution < 1.29 is 9.66 Å². The molecule has 1 saturated heterocycles. The molecule has 110 valence electrons. The average Bonchev–Trinajstić information content (AvgIpc) is 2.66. The van der Waals surface area contributed by atoms with Gasteiger partial charge < -0.3 is 15.0 Å². The van der Waals surface area contributed by atoms with E-state index in [0.29, 0.717) is 50.3 Å². The second kappa shape index (κ2) is 6.47. The van der Waals surface area contributed by atoms with Crippen molar-refractivity contribution in [2.45, 2.75) is 20.3 Å². The Bertz CT molecular complexity index is 486. The van der Waals surface area contributed by atoms with Crippen LogP contribution in [0.4, 0.5) is 17.5 Å². The van der Waals surface area contributed by atoms with E-state index in [1.54, 1.807) is 6.92 Å². The van der Waals surface area contributed by atoms with Crippen molar-refractivity contribution in [2.75, 3.05) is 43.1 Å². The van der Waals surface area contributed by atoms with Gasteiger partial charge in [0.05, 0.1) is 11.5 Å². The van der Waals surface area contributed by atoms with Crippen LogP contribution in [0.2, 0.25) is 0 Å². The maximum Gasteiger partial charge on any atom is 0.332 e. The molecule has 1 aromatic heterocycles. The molecule has 1 aliphatic rings. The van der Waals surface area contributed by atoms with E-state index in [4.69, 9.17) is 4.74 Å². The van der Waals surface area contributed by atoms with Crippen LogP contribution in [0.5, 0.6) is 0 Å². The molecule has 0 unspecified atom stereocenters. The number of nitrogens with one attached hydrogen (secondary N) is 1. The summed E-state index contributed by atoms with van der Waals surface area (Å²) < 4.78 is 5.38. The van der Waals surface area contributed by atoms with Crippen LogP contribution in [0.3, 0.4) is 0 Å². The highest BCUT2D eigenvalue weighted by atomic mass is 16.6. The Morgan fingerprint density at radius 1 is 1.40 bits per heavy atom. The number of rotatable bonds is 4. The molecule has 0 aliphatic carbocycles.